The average Bonchev–Trinajstić information content (AvgIpc) is 2.62. The molecular weight excluding hydrogens is 354 g/mol. The van der Waals surface area contributed by atoms with E-state index >= 15 is 0 Å². The second-order valence-electron chi connectivity index (χ2n) is 5.68. The van der Waals surface area contributed by atoms with Crippen LogP contribution in [0.2, 0.25) is 0 Å². The van der Waals surface area contributed by atoms with E-state index in [2.05, 4.69) is 10.5 Å². The van der Waals surface area contributed by atoms with Gasteiger partial charge in [0, 0.05) is 19.8 Å². The molecule has 0 aliphatic rings. The Morgan fingerprint density at radius 3 is 2.46 bits per heavy atom. The van der Waals surface area contributed by atoms with Crippen LogP contribution < -0.4 is 5.32 Å². The van der Waals surface area contributed by atoms with Gasteiger partial charge >= 0.3 is 0 Å². The van der Waals surface area contributed by atoms with Crippen LogP contribution in [0.1, 0.15) is 12.5 Å². The van der Waals surface area contributed by atoms with Gasteiger partial charge < -0.3 is 10.2 Å². The van der Waals surface area contributed by atoms with Crippen molar-refractivity contribution >= 4 is 27.3 Å². The van der Waals surface area contributed by atoms with Crippen LogP contribution in [0.25, 0.3) is 0 Å². The van der Waals surface area contributed by atoms with Crippen LogP contribution in [-0.4, -0.2) is 45.0 Å². The third-order valence-electron chi connectivity index (χ3n) is 3.49. The number of rotatable bonds is 7. The number of sulfonamides is 1. The minimum absolute atomic E-state index is 0.0964. The molecule has 0 saturated heterocycles. The number of carbonyl (C=O) groups is 1. The van der Waals surface area contributed by atoms with Crippen molar-refractivity contribution in [1.82, 2.24) is 4.31 Å². The van der Waals surface area contributed by atoms with Crippen molar-refractivity contribution in [3.8, 4) is 0 Å². The van der Waals surface area contributed by atoms with Crippen molar-refractivity contribution in [2.24, 2.45) is 5.16 Å². The molecule has 1 N–H and O–H groups in total. The van der Waals surface area contributed by atoms with E-state index in [0.717, 1.165) is 9.87 Å². The number of oxime groups is 1. The molecule has 0 aromatic heterocycles. The summed E-state index contributed by atoms with van der Waals surface area (Å²) < 4.78 is 25.4. The Kier molecular flexibility index (Phi) is 6.48. The first-order chi connectivity index (χ1) is 12.3. The Hall–Kier alpha value is -2.71. The molecule has 0 aliphatic carbocycles. The van der Waals surface area contributed by atoms with Crippen LogP contribution in [0.5, 0.6) is 0 Å². The van der Waals surface area contributed by atoms with E-state index in [-0.39, 0.29) is 11.5 Å². The van der Waals surface area contributed by atoms with Crippen LogP contribution in [-0.2, 0) is 19.7 Å². The number of amides is 1. The lowest BCUT2D eigenvalue weighted by molar-refractivity contribution is -0.120. The first-order valence-electron chi connectivity index (χ1n) is 7.85. The summed E-state index contributed by atoms with van der Waals surface area (Å²) in [5.74, 6) is -0.436. The Balaban J connectivity index is 1.96. The van der Waals surface area contributed by atoms with E-state index in [4.69, 9.17) is 4.84 Å². The van der Waals surface area contributed by atoms with Crippen LogP contribution in [0.3, 0.4) is 0 Å². The molecule has 26 heavy (non-hydrogen) atoms. The van der Waals surface area contributed by atoms with Crippen molar-refractivity contribution < 1.29 is 18.0 Å². The Labute approximate surface area is 153 Å². The van der Waals surface area contributed by atoms with Gasteiger partial charge in [-0.1, -0.05) is 41.6 Å². The second kappa shape index (κ2) is 8.59. The molecule has 8 heteroatoms. The van der Waals surface area contributed by atoms with Crippen molar-refractivity contribution in [2.45, 2.75) is 11.8 Å². The van der Waals surface area contributed by atoms with Crippen LogP contribution in [0, 0.1) is 0 Å². The number of anilines is 1. The molecule has 7 nitrogen and oxygen atoms in total. The van der Waals surface area contributed by atoms with Gasteiger partial charge in [-0.25, -0.2) is 12.7 Å². The highest BCUT2D eigenvalue weighted by atomic mass is 32.2. The smallest absolute Gasteiger partial charge is 0.265 e. The number of hydrogen-bond donors (Lipinski definition) is 1. The second-order valence-corrected chi connectivity index (χ2v) is 7.83. The van der Waals surface area contributed by atoms with E-state index in [1.807, 2.05) is 30.3 Å². The third-order valence-corrected chi connectivity index (χ3v) is 5.30. The van der Waals surface area contributed by atoms with Gasteiger partial charge in [0.25, 0.3) is 5.91 Å². The van der Waals surface area contributed by atoms with Crippen LogP contribution >= 0.6 is 0 Å². The van der Waals surface area contributed by atoms with Crippen LogP contribution in [0.15, 0.2) is 64.6 Å². The summed E-state index contributed by atoms with van der Waals surface area (Å²) in [5.41, 5.74) is 1.91. The van der Waals surface area contributed by atoms with Crippen molar-refractivity contribution in [1.29, 1.82) is 0 Å². The van der Waals surface area contributed by atoms with Gasteiger partial charge in [0.15, 0.2) is 6.61 Å². The quantitative estimate of drug-likeness (QED) is 0.594. The summed E-state index contributed by atoms with van der Waals surface area (Å²) in [6.07, 6.45) is 0. The zero-order valence-corrected chi connectivity index (χ0v) is 15.7. The van der Waals surface area contributed by atoms with Crippen molar-refractivity contribution in [3.63, 3.8) is 0 Å². The molecule has 0 unspecified atom stereocenters. The summed E-state index contributed by atoms with van der Waals surface area (Å²) in [7, 11) is -0.673. The Bertz CT molecular complexity index is 894. The number of nitrogens with one attached hydrogen (secondary N) is 1. The molecule has 0 radical (unpaired) electrons. The summed E-state index contributed by atoms with van der Waals surface area (Å²) in [6, 6.07) is 15.5. The molecule has 0 aliphatic heterocycles. The van der Waals surface area contributed by atoms with E-state index in [1.165, 1.54) is 26.2 Å². The summed E-state index contributed by atoms with van der Waals surface area (Å²) in [6.45, 7) is 1.50. The predicted octanol–water partition coefficient (Wildman–Crippen LogP) is 2.32. The lowest BCUT2D eigenvalue weighted by Gasteiger charge is -2.12. The molecule has 138 valence electrons. The van der Waals surface area contributed by atoms with Gasteiger partial charge in [-0.15, -0.1) is 0 Å². The zero-order chi connectivity index (χ0) is 19.2. The molecule has 2 rings (SSSR count). The Morgan fingerprint density at radius 2 is 1.81 bits per heavy atom. The fourth-order valence-corrected chi connectivity index (χ4v) is 3.01. The van der Waals surface area contributed by atoms with Gasteiger partial charge in [0.05, 0.1) is 10.6 Å². The number of benzene rings is 2. The molecule has 0 fully saturated rings. The molecule has 0 atom stereocenters. The summed E-state index contributed by atoms with van der Waals surface area (Å²) in [4.78, 5) is 17.1. The molecule has 2 aromatic rings. The van der Waals surface area contributed by atoms with E-state index in [1.54, 1.807) is 19.1 Å². The largest absolute Gasteiger partial charge is 0.385 e. The zero-order valence-electron chi connectivity index (χ0n) is 14.8. The maximum Gasteiger partial charge on any atom is 0.265 e. The topological polar surface area (TPSA) is 88.1 Å². The third kappa shape index (κ3) is 5.14. The Morgan fingerprint density at radius 1 is 1.12 bits per heavy atom. The van der Waals surface area contributed by atoms with Crippen LogP contribution in [0.4, 0.5) is 5.69 Å². The van der Waals surface area contributed by atoms with E-state index in [0.29, 0.717) is 11.4 Å². The summed E-state index contributed by atoms with van der Waals surface area (Å²) >= 11 is 0. The monoisotopic (exact) mass is 375 g/mol. The minimum Gasteiger partial charge on any atom is -0.385 e. The van der Waals surface area contributed by atoms with Gasteiger partial charge in [0.2, 0.25) is 10.0 Å². The molecule has 0 spiro atoms. The molecule has 0 bridgehead atoms. The highest BCUT2D eigenvalue weighted by molar-refractivity contribution is 7.89. The van der Waals surface area contributed by atoms with E-state index in [9.17, 15) is 13.2 Å². The molecule has 1 amide bonds. The highest BCUT2D eigenvalue weighted by Crippen LogP contribution is 2.17. The summed E-state index contributed by atoms with van der Waals surface area (Å²) in [5, 5.41) is 6.50. The molecule has 0 heterocycles. The lowest BCUT2D eigenvalue weighted by Crippen LogP contribution is -2.22. The number of carbonyl (C=O) groups excluding carboxylic acids is 1. The normalized spacial score (nSPS) is 12.1. The predicted molar refractivity (Wildman–Crippen MR) is 101 cm³/mol. The minimum atomic E-state index is -3.57. The standard InChI is InChI=1S/C18H21N3O4S/c1-14(15-8-5-4-6-9-15)20-25-13-18(22)19-16-10-7-11-17(12-16)26(23,24)21(2)3/h4-12H,13H2,1-3H3,(H,19,22)/b20-14-. The van der Waals surface area contributed by atoms with Gasteiger partial charge in [-0.05, 0) is 30.7 Å². The first kappa shape index (κ1) is 19.6. The lowest BCUT2D eigenvalue weighted by atomic mass is 10.1. The molecule has 0 saturated carbocycles. The van der Waals surface area contributed by atoms with E-state index < -0.39 is 15.9 Å². The number of nitrogens with zero attached hydrogens (tertiary/aromatic N) is 2. The maximum absolute atomic E-state index is 12.1. The van der Waals surface area contributed by atoms with Crippen molar-refractivity contribution in [2.75, 3.05) is 26.0 Å². The highest BCUT2D eigenvalue weighted by Gasteiger charge is 2.17. The maximum atomic E-state index is 12.1. The fraction of sp³-hybridized carbons (Fsp3) is 0.222. The van der Waals surface area contributed by atoms with Gasteiger partial charge in [0.1, 0.15) is 0 Å². The average molecular weight is 375 g/mol. The van der Waals surface area contributed by atoms with Crippen molar-refractivity contribution in [3.05, 3.63) is 60.2 Å². The first-order valence-corrected chi connectivity index (χ1v) is 9.29. The van der Waals surface area contributed by atoms with Gasteiger partial charge in [-0.2, -0.15) is 0 Å². The number of hydrogen-bond acceptors (Lipinski definition) is 5. The molecule has 2 aromatic carbocycles. The molecular formula is C18H21N3O4S. The SMILES string of the molecule is C/C(=N/OCC(=O)Nc1cccc(S(=O)(=O)N(C)C)c1)c1ccccc1. The fourth-order valence-electron chi connectivity index (χ4n) is 2.06. The van der Waals surface area contributed by atoms with Gasteiger partial charge in [-0.3, -0.25) is 4.79 Å².